The van der Waals surface area contributed by atoms with E-state index in [2.05, 4.69) is 0 Å². The molecule has 0 fully saturated rings. The summed E-state index contributed by atoms with van der Waals surface area (Å²) in [5.41, 5.74) is 1.38. The second-order valence-corrected chi connectivity index (χ2v) is 3.39. The molecule has 1 aromatic carbocycles. The first-order valence-corrected chi connectivity index (χ1v) is 4.85. The van der Waals surface area contributed by atoms with Gasteiger partial charge in [0, 0.05) is 0 Å². The molecule has 0 aliphatic carbocycles. The molecule has 0 radical (unpaired) electrons. The van der Waals surface area contributed by atoms with Gasteiger partial charge in [0.2, 0.25) is 0 Å². The Morgan fingerprint density at radius 1 is 1.60 bits per heavy atom. The van der Waals surface area contributed by atoms with Crippen molar-refractivity contribution < 1.29 is 9.53 Å². The third-order valence-corrected chi connectivity index (χ3v) is 2.24. The van der Waals surface area contributed by atoms with E-state index in [0.29, 0.717) is 22.8 Å². The summed E-state index contributed by atoms with van der Waals surface area (Å²) < 4.78 is 4.86. The minimum atomic E-state index is -0.428. The van der Waals surface area contributed by atoms with Crippen molar-refractivity contribution in [1.82, 2.24) is 0 Å². The van der Waals surface area contributed by atoms with Gasteiger partial charge in [-0.3, -0.25) is 0 Å². The third-order valence-electron chi connectivity index (χ3n) is 1.93. The van der Waals surface area contributed by atoms with Gasteiger partial charge in [-0.05, 0) is 31.5 Å². The summed E-state index contributed by atoms with van der Waals surface area (Å²) in [6, 6.07) is 4.96. The van der Waals surface area contributed by atoms with Gasteiger partial charge in [-0.15, -0.1) is 0 Å². The molecule has 0 saturated heterocycles. The zero-order valence-electron chi connectivity index (χ0n) is 8.50. The molecule has 0 amide bonds. The lowest BCUT2D eigenvalue weighted by molar-refractivity contribution is 0.0525. The quantitative estimate of drug-likeness (QED) is 0.725. The van der Waals surface area contributed by atoms with Crippen LogP contribution in [0, 0.1) is 18.3 Å². The van der Waals surface area contributed by atoms with Gasteiger partial charge in [-0.2, -0.15) is 5.26 Å². The molecule has 0 aromatic heterocycles. The first-order chi connectivity index (χ1) is 7.10. The fourth-order valence-electron chi connectivity index (χ4n) is 1.19. The number of carbonyl (C=O) groups is 1. The molecular formula is C11H10ClNO2. The Balaban J connectivity index is 3.20. The molecule has 0 aliphatic rings. The fourth-order valence-corrected chi connectivity index (χ4v) is 1.45. The first-order valence-electron chi connectivity index (χ1n) is 4.47. The Hall–Kier alpha value is -1.53. The van der Waals surface area contributed by atoms with Gasteiger partial charge >= 0.3 is 5.97 Å². The molecule has 0 aliphatic heterocycles. The van der Waals surface area contributed by atoms with Crippen LogP contribution in [0.15, 0.2) is 12.1 Å². The maximum Gasteiger partial charge on any atom is 0.338 e. The summed E-state index contributed by atoms with van der Waals surface area (Å²) in [7, 11) is 0. The number of halogens is 1. The van der Waals surface area contributed by atoms with Crippen LogP contribution in [0.5, 0.6) is 0 Å². The smallest absolute Gasteiger partial charge is 0.338 e. The second-order valence-electron chi connectivity index (χ2n) is 2.98. The highest BCUT2D eigenvalue weighted by molar-refractivity contribution is 6.32. The molecule has 78 valence electrons. The zero-order chi connectivity index (χ0) is 11.4. The van der Waals surface area contributed by atoms with Crippen molar-refractivity contribution in [1.29, 1.82) is 5.26 Å². The van der Waals surface area contributed by atoms with Gasteiger partial charge in [-0.1, -0.05) is 11.6 Å². The number of hydrogen-bond acceptors (Lipinski definition) is 3. The number of ether oxygens (including phenoxy) is 1. The van der Waals surface area contributed by atoms with Crippen LogP contribution in [0.3, 0.4) is 0 Å². The van der Waals surface area contributed by atoms with Crippen LogP contribution in [0.4, 0.5) is 0 Å². The van der Waals surface area contributed by atoms with E-state index in [-0.39, 0.29) is 5.56 Å². The summed E-state index contributed by atoms with van der Waals surface area (Å²) in [5.74, 6) is -0.428. The molecule has 0 atom stereocenters. The number of hydrogen-bond donors (Lipinski definition) is 0. The minimum absolute atomic E-state index is 0.283. The van der Waals surface area contributed by atoms with Gasteiger partial charge < -0.3 is 4.74 Å². The number of nitrogens with zero attached hydrogens (tertiary/aromatic N) is 1. The normalized spacial score (nSPS) is 9.47. The van der Waals surface area contributed by atoms with Crippen molar-refractivity contribution in [3.8, 4) is 6.07 Å². The molecule has 0 spiro atoms. The number of aryl methyl sites for hydroxylation is 1. The Morgan fingerprint density at radius 3 is 2.80 bits per heavy atom. The van der Waals surface area contributed by atoms with Crippen LogP contribution in [0.1, 0.15) is 28.4 Å². The Morgan fingerprint density at radius 2 is 2.27 bits per heavy atom. The molecule has 3 nitrogen and oxygen atoms in total. The number of nitriles is 1. The molecule has 0 heterocycles. The highest BCUT2D eigenvalue weighted by Crippen LogP contribution is 2.21. The molecule has 0 bridgehead atoms. The van der Waals surface area contributed by atoms with E-state index >= 15 is 0 Å². The Bertz CT molecular complexity index is 435. The average molecular weight is 224 g/mol. The Labute approximate surface area is 93.2 Å². The van der Waals surface area contributed by atoms with Crippen molar-refractivity contribution in [2.24, 2.45) is 0 Å². The number of carbonyl (C=O) groups excluding carboxylic acids is 1. The van der Waals surface area contributed by atoms with Crippen LogP contribution in [-0.4, -0.2) is 12.6 Å². The maximum absolute atomic E-state index is 11.5. The molecule has 4 heteroatoms. The highest BCUT2D eigenvalue weighted by atomic mass is 35.5. The molecule has 1 rings (SSSR count). The van der Waals surface area contributed by atoms with E-state index in [0.717, 1.165) is 0 Å². The van der Waals surface area contributed by atoms with Crippen LogP contribution in [0.25, 0.3) is 0 Å². The highest BCUT2D eigenvalue weighted by Gasteiger charge is 2.13. The lowest BCUT2D eigenvalue weighted by Gasteiger charge is -2.06. The van der Waals surface area contributed by atoms with E-state index in [1.54, 1.807) is 19.9 Å². The molecular weight excluding hydrogens is 214 g/mol. The SMILES string of the molecule is CCOC(=O)c1cc(C#N)c(Cl)cc1C. The molecule has 0 N–H and O–H groups in total. The standard InChI is InChI=1S/C11H10ClNO2/c1-3-15-11(14)9-5-8(6-13)10(12)4-7(9)2/h4-5H,3H2,1-2H3. The number of benzene rings is 1. The topological polar surface area (TPSA) is 50.1 Å². The van der Waals surface area contributed by atoms with E-state index < -0.39 is 5.97 Å². The average Bonchev–Trinajstić information content (AvgIpc) is 2.18. The third kappa shape index (κ3) is 2.48. The lowest BCUT2D eigenvalue weighted by atomic mass is 10.1. The molecule has 15 heavy (non-hydrogen) atoms. The predicted octanol–water partition coefficient (Wildman–Crippen LogP) is 2.70. The summed E-state index contributed by atoms with van der Waals surface area (Å²) in [6.45, 7) is 3.79. The minimum Gasteiger partial charge on any atom is -0.462 e. The van der Waals surface area contributed by atoms with Crippen molar-refractivity contribution in [2.45, 2.75) is 13.8 Å². The van der Waals surface area contributed by atoms with Crippen molar-refractivity contribution >= 4 is 17.6 Å². The molecule has 1 aromatic rings. The summed E-state index contributed by atoms with van der Waals surface area (Å²) in [5, 5.41) is 9.11. The maximum atomic E-state index is 11.5. The van der Waals surface area contributed by atoms with Crippen molar-refractivity contribution in [2.75, 3.05) is 6.61 Å². The largest absolute Gasteiger partial charge is 0.462 e. The van der Waals surface area contributed by atoms with Gasteiger partial charge in [0.05, 0.1) is 22.8 Å². The second kappa shape index (κ2) is 4.81. The van der Waals surface area contributed by atoms with Crippen molar-refractivity contribution in [3.05, 3.63) is 33.8 Å². The van der Waals surface area contributed by atoms with Crippen LogP contribution in [-0.2, 0) is 4.74 Å². The van der Waals surface area contributed by atoms with Crippen LogP contribution < -0.4 is 0 Å². The summed E-state index contributed by atoms with van der Waals surface area (Å²) in [6.07, 6.45) is 0. The van der Waals surface area contributed by atoms with E-state index in [9.17, 15) is 4.79 Å². The van der Waals surface area contributed by atoms with Gasteiger partial charge in [-0.25, -0.2) is 4.79 Å². The predicted molar refractivity (Wildman–Crippen MR) is 56.9 cm³/mol. The Kier molecular flexibility index (Phi) is 3.70. The zero-order valence-corrected chi connectivity index (χ0v) is 9.26. The van der Waals surface area contributed by atoms with Crippen LogP contribution >= 0.6 is 11.6 Å². The van der Waals surface area contributed by atoms with E-state index in [1.807, 2.05) is 6.07 Å². The van der Waals surface area contributed by atoms with E-state index in [4.69, 9.17) is 21.6 Å². The van der Waals surface area contributed by atoms with Crippen molar-refractivity contribution in [3.63, 3.8) is 0 Å². The first kappa shape index (κ1) is 11.5. The van der Waals surface area contributed by atoms with Gasteiger partial charge in [0.1, 0.15) is 6.07 Å². The summed E-state index contributed by atoms with van der Waals surface area (Å²) >= 11 is 5.81. The lowest BCUT2D eigenvalue weighted by Crippen LogP contribution is -2.07. The van der Waals surface area contributed by atoms with Gasteiger partial charge in [0.15, 0.2) is 0 Å². The number of rotatable bonds is 2. The van der Waals surface area contributed by atoms with Gasteiger partial charge in [0.25, 0.3) is 0 Å². The molecule has 0 saturated carbocycles. The van der Waals surface area contributed by atoms with E-state index in [1.165, 1.54) is 6.07 Å². The summed E-state index contributed by atoms with van der Waals surface area (Å²) in [4.78, 5) is 11.5. The van der Waals surface area contributed by atoms with Crippen LogP contribution in [0.2, 0.25) is 5.02 Å². The number of esters is 1. The fraction of sp³-hybridized carbons (Fsp3) is 0.273. The monoisotopic (exact) mass is 223 g/mol. The molecule has 0 unspecified atom stereocenters.